The first-order valence-corrected chi connectivity index (χ1v) is 7.53. The Bertz CT molecular complexity index is 561. The van der Waals surface area contributed by atoms with Crippen molar-refractivity contribution in [2.24, 2.45) is 0 Å². The molecule has 0 saturated heterocycles. The third-order valence-corrected chi connectivity index (χ3v) is 3.39. The Hall–Kier alpha value is -2.09. The predicted molar refractivity (Wildman–Crippen MR) is 79.7 cm³/mol. The molecular formula is C13H16N2O5S. The molecule has 1 aromatic rings. The van der Waals surface area contributed by atoms with Crippen molar-refractivity contribution in [2.45, 2.75) is 19.4 Å². The highest BCUT2D eigenvalue weighted by atomic mass is 32.2. The lowest BCUT2D eigenvalue weighted by Crippen LogP contribution is -2.41. The van der Waals surface area contributed by atoms with Gasteiger partial charge in [0.2, 0.25) is 0 Å². The van der Waals surface area contributed by atoms with Crippen molar-refractivity contribution in [3.05, 3.63) is 39.4 Å². The topological polar surface area (TPSA) is 110 Å². The third kappa shape index (κ3) is 5.07. The molecule has 1 amide bonds. The summed E-state index contributed by atoms with van der Waals surface area (Å²) < 4.78 is 0. The van der Waals surface area contributed by atoms with Gasteiger partial charge in [0.05, 0.1) is 4.92 Å². The minimum absolute atomic E-state index is 0.0806. The Morgan fingerprint density at radius 2 is 2.10 bits per heavy atom. The number of non-ortho nitro benzene ring substituents is 1. The zero-order valence-corrected chi connectivity index (χ0v) is 12.5. The number of nitro groups is 1. The van der Waals surface area contributed by atoms with Gasteiger partial charge in [-0.2, -0.15) is 11.8 Å². The molecule has 0 aromatic heterocycles. The van der Waals surface area contributed by atoms with Crippen molar-refractivity contribution < 1.29 is 19.6 Å². The second-order valence-corrected chi connectivity index (χ2v) is 5.45. The molecule has 1 atom stereocenters. The van der Waals surface area contributed by atoms with E-state index in [0.29, 0.717) is 11.3 Å². The van der Waals surface area contributed by atoms with Crippen LogP contribution in [-0.2, 0) is 4.79 Å². The zero-order valence-electron chi connectivity index (χ0n) is 11.7. The van der Waals surface area contributed by atoms with Crippen molar-refractivity contribution in [2.75, 3.05) is 12.0 Å². The smallest absolute Gasteiger partial charge is 0.326 e. The van der Waals surface area contributed by atoms with Crippen molar-refractivity contribution >= 4 is 29.3 Å². The Morgan fingerprint density at radius 3 is 2.62 bits per heavy atom. The molecular weight excluding hydrogens is 296 g/mol. The molecule has 0 aliphatic rings. The Balaban J connectivity index is 2.92. The maximum Gasteiger partial charge on any atom is 0.326 e. The van der Waals surface area contributed by atoms with E-state index in [9.17, 15) is 19.7 Å². The summed E-state index contributed by atoms with van der Waals surface area (Å²) >= 11 is 1.48. The summed E-state index contributed by atoms with van der Waals surface area (Å²) in [7, 11) is 0. The number of aliphatic carboxylic acids is 1. The van der Waals surface area contributed by atoms with Crippen LogP contribution >= 0.6 is 11.8 Å². The number of hydrogen-bond acceptors (Lipinski definition) is 5. The first kappa shape index (κ1) is 17.0. The summed E-state index contributed by atoms with van der Waals surface area (Å²) in [6, 6.07) is 2.95. The quantitative estimate of drug-likeness (QED) is 0.587. The number of carboxylic acids is 1. The van der Waals surface area contributed by atoms with Gasteiger partial charge in [-0.05, 0) is 37.0 Å². The maximum absolute atomic E-state index is 12.0. The van der Waals surface area contributed by atoms with Crippen molar-refractivity contribution in [1.82, 2.24) is 5.32 Å². The maximum atomic E-state index is 12.0. The number of thioether (sulfide) groups is 1. The average molecular weight is 312 g/mol. The third-order valence-electron chi connectivity index (χ3n) is 2.75. The molecule has 0 spiro atoms. The lowest BCUT2D eigenvalue weighted by Gasteiger charge is -2.14. The van der Waals surface area contributed by atoms with Gasteiger partial charge in [-0.1, -0.05) is 0 Å². The van der Waals surface area contributed by atoms with Gasteiger partial charge in [0.15, 0.2) is 0 Å². The van der Waals surface area contributed by atoms with Crippen LogP contribution in [0.1, 0.15) is 22.3 Å². The van der Waals surface area contributed by atoms with E-state index in [1.165, 1.54) is 23.9 Å². The van der Waals surface area contributed by atoms with Crippen LogP contribution in [0.2, 0.25) is 0 Å². The van der Waals surface area contributed by atoms with E-state index >= 15 is 0 Å². The number of nitrogens with zero attached hydrogens (tertiary/aromatic N) is 1. The van der Waals surface area contributed by atoms with E-state index in [4.69, 9.17) is 5.11 Å². The summed E-state index contributed by atoms with van der Waals surface area (Å²) in [5.74, 6) is -1.17. The average Bonchev–Trinajstić information content (AvgIpc) is 2.42. The fourth-order valence-corrected chi connectivity index (χ4v) is 2.21. The summed E-state index contributed by atoms with van der Waals surface area (Å²) in [5.41, 5.74) is 0.443. The Morgan fingerprint density at radius 1 is 1.43 bits per heavy atom. The molecule has 2 N–H and O–H groups in total. The molecule has 0 fully saturated rings. The first-order chi connectivity index (χ1) is 9.85. The van der Waals surface area contributed by atoms with Crippen LogP contribution in [0.5, 0.6) is 0 Å². The number of carboxylic acid groups (broad SMARTS) is 1. The highest BCUT2D eigenvalue weighted by Crippen LogP contribution is 2.17. The van der Waals surface area contributed by atoms with Gasteiger partial charge in [-0.3, -0.25) is 14.9 Å². The highest BCUT2D eigenvalue weighted by molar-refractivity contribution is 7.98. The van der Waals surface area contributed by atoms with Crippen LogP contribution in [0.3, 0.4) is 0 Å². The van der Waals surface area contributed by atoms with Gasteiger partial charge in [0.1, 0.15) is 6.04 Å². The van der Waals surface area contributed by atoms with Crippen LogP contribution in [0.4, 0.5) is 5.69 Å². The predicted octanol–water partition coefficient (Wildman–Crippen LogP) is 1.84. The Kier molecular flexibility index (Phi) is 6.16. The molecule has 0 radical (unpaired) electrons. The van der Waals surface area contributed by atoms with Crippen molar-refractivity contribution in [3.8, 4) is 0 Å². The molecule has 1 unspecified atom stereocenters. The number of carbonyl (C=O) groups excluding carboxylic acids is 1. The van der Waals surface area contributed by atoms with Gasteiger partial charge in [0, 0.05) is 17.7 Å². The van der Waals surface area contributed by atoms with E-state index in [1.54, 1.807) is 6.92 Å². The molecule has 21 heavy (non-hydrogen) atoms. The first-order valence-electron chi connectivity index (χ1n) is 6.14. The minimum atomic E-state index is -1.13. The van der Waals surface area contributed by atoms with E-state index in [0.717, 1.165) is 6.07 Å². The molecule has 7 nitrogen and oxygen atoms in total. The fourth-order valence-electron chi connectivity index (χ4n) is 1.73. The van der Waals surface area contributed by atoms with Crippen LogP contribution in [-0.4, -0.2) is 40.0 Å². The normalized spacial score (nSPS) is 11.7. The minimum Gasteiger partial charge on any atom is -0.480 e. The second-order valence-electron chi connectivity index (χ2n) is 4.46. The van der Waals surface area contributed by atoms with Gasteiger partial charge >= 0.3 is 5.97 Å². The largest absolute Gasteiger partial charge is 0.480 e. The van der Waals surface area contributed by atoms with Gasteiger partial charge in [-0.25, -0.2) is 4.79 Å². The second kappa shape index (κ2) is 7.63. The number of carbonyl (C=O) groups is 2. The summed E-state index contributed by atoms with van der Waals surface area (Å²) in [6.07, 6.45) is 2.13. The monoisotopic (exact) mass is 312 g/mol. The highest BCUT2D eigenvalue weighted by Gasteiger charge is 2.21. The van der Waals surface area contributed by atoms with Gasteiger partial charge in [0.25, 0.3) is 11.6 Å². The van der Waals surface area contributed by atoms with E-state index < -0.39 is 22.8 Å². The summed E-state index contributed by atoms with van der Waals surface area (Å²) in [5, 5.41) is 22.2. The number of amides is 1. The van der Waals surface area contributed by atoms with Crippen LogP contribution in [0.25, 0.3) is 0 Å². The van der Waals surface area contributed by atoms with E-state index in [1.807, 2.05) is 6.26 Å². The molecule has 1 aromatic carbocycles. The molecule has 0 aliphatic carbocycles. The number of hydrogen-bond donors (Lipinski definition) is 2. The van der Waals surface area contributed by atoms with E-state index in [2.05, 4.69) is 5.32 Å². The van der Waals surface area contributed by atoms with Crippen molar-refractivity contribution in [1.29, 1.82) is 0 Å². The number of benzene rings is 1. The lowest BCUT2D eigenvalue weighted by atomic mass is 10.1. The van der Waals surface area contributed by atoms with Crippen LogP contribution in [0, 0.1) is 17.0 Å². The van der Waals surface area contributed by atoms with E-state index in [-0.39, 0.29) is 17.7 Å². The molecule has 0 saturated carbocycles. The molecule has 8 heteroatoms. The Labute approximate surface area is 125 Å². The summed E-state index contributed by atoms with van der Waals surface area (Å²) in [4.78, 5) is 33.3. The van der Waals surface area contributed by atoms with Gasteiger partial charge < -0.3 is 10.4 Å². The van der Waals surface area contributed by atoms with Gasteiger partial charge in [-0.15, -0.1) is 0 Å². The number of aryl methyl sites for hydroxylation is 1. The standard InChI is InChI=1S/C13H16N2O5S/c1-8-5-9(7-10(6-8)15(19)20)12(16)14-11(13(17)18)3-4-21-2/h5-7,11H,3-4H2,1-2H3,(H,14,16)(H,17,18). The molecule has 114 valence electrons. The summed E-state index contributed by atoms with van der Waals surface area (Å²) in [6.45, 7) is 1.63. The number of nitrogens with one attached hydrogen (secondary N) is 1. The lowest BCUT2D eigenvalue weighted by molar-refractivity contribution is -0.384. The zero-order chi connectivity index (χ0) is 16.0. The molecule has 0 heterocycles. The molecule has 0 bridgehead atoms. The SMILES string of the molecule is CSCCC(NC(=O)c1cc(C)cc([N+](=O)[O-])c1)C(=O)O. The van der Waals surface area contributed by atoms with Crippen LogP contribution in [0.15, 0.2) is 18.2 Å². The fraction of sp³-hybridized carbons (Fsp3) is 0.385. The number of rotatable bonds is 7. The number of nitro benzene ring substituents is 1. The van der Waals surface area contributed by atoms with Crippen LogP contribution < -0.4 is 5.32 Å². The van der Waals surface area contributed by atoms with Crippen molar-refractivity contribution in [3.63, 3.8) is 0 Å². The molecule has 1 rings (SSSR count). The molecule has 0 aliphatic heterocycles.